The lowest BCUT2D eigenvalue weighted by Gasteiger charge is -2.11. The standard InChI is InChI=1S/C14H13BrFNO/c1-9-13(17)3-2-4-14(9)18-8-10-7-11(15)5-6-12(10)16/h2-7H,8,17H2,1H3. The van der Waals surface area contributed by atoms with E-state index < -0.39 is 0 Å². The second-order valence-electron chi connectivity index (χ2n) is 3.99. The highest BCUT2D eigenvalue weighted by Gasteiger charge is 2.06. The Balaban J connectivity index is 2.16. The lowest BCUT2D eigenvalue weighted by Crippen LogP contribution is -2.01. The molecule has 0 bridgehead atoms. The minimum atomic E-state index is -0.278. The second-order valence-corrected chi connectivity index (χ2v) is 4.91. The summed E-state index contributed by atoms with van der Waals surface area (Å²) >= 11 is 3.31. The number of rotatable bonds is 3. The first kappa shape index (κ1) is 12.9. The van der Waals surface area contributed by atoms with Crippen molar-refractivity contribution in [3.8, 4) is 5.75 Å². The summed E-state index contributed by atoms with van der Waals surface area (Å²) in [4.78, 5) is 0. The van der Waals surface area contributed by atoms with E-state index in [4.69, 9.17) is 10.5 Å². The van der Waals surface area contributed by atoms with Crippen LogP contribution < -0.4 is 10.5 Å². The zero-order valence-electron chi connectivity index (χ0n) is 9.91. The Morgan fingerprint density at radius 3 is 2.83 bits per heavy atom. The Labute approximate surface area is 114 Å². The van der Waals surface area contributed by atoms with Crippen LogP contribution in [0.4, 0.5) is 10.1 Å². The Morgan fingerprint density at radius 2 is 2.06 bits per heavy atom. The third kappa shape index (κ3) is 2.82. The van der Waals surface area contributed by atoms with Gasteiger partial charge in [-0.05, 0) is 37.3 Å². The summed E-state index contributed by atoms with van der Waals surface area (Å²) in [5, 5.41) is 0. The van der Waals surface area contributed by atoms with Gasteiger partial charge in [-0.25, -0.2) is 4.39 Å². The summed E-state index contributed by atoms with van der Waals surface area (Å²) in [6.45, 7) is 2.05. The molecule has 2 N–H and O–H groups in total. The van der Waals surface area contributed by atoms with Gasteiger partial charge in [0.15, 0.2) is 0 Å². The summed E-state index contributed by atoms with van der Waals surface area (Å²) in [6, 6.07) is 10.2. The average Bonchev–Trinajstić information content (AvgIpc) is 2.35. The van der Waals surface area contributed by atoms with E-state index in [-0.39, 0.29) is 12.4 Å². The quantitative estimate of drug-likeness (QED) is 0.868. The first-order valence-corrected chi connectivity index (χ1v) is 6.29. The summed E-state index contributed by atoms with van der Waals surface area (Å²) < 4.78 is 20.0. The molecule has 0 aliphatic carbocycles. The molecule has 0 spiro atoms. The minimum absolute atomic E-state index is 0.176. The number of benzene rings is 2. The molecule has 0 saturated carbocycles. The lowest BCUT2D eigenvalue weighted by molar-refractivity contribution is 0.298. The molecular weight excluding hydrogens is 297 g/mol. The summed E-state index contributed by atoms with van der Waals surface area (Å²) in [5.41, 5.74) is 7.82. The van der Waals surface area contributed by atoms with E-state index in [1.807, 2.05) is 25.1 Å². The van der Waals surface area contributed by atoms with Crippen molar-refractivity contribution in [3.63, 3.8) is 0 Å². The topological polar surface area (TPSA) is 35.2 Å². The van der Waals surface area contributed by atoms with Crippen LogP contribution >= 0.6 is 15.9 Å². The first-order chi connectivity index (χ1) is 8.58. The predicted octanol–water partition coefficient (Wildman–Crippen LogP) is 4.06. The molecule has 0 aliphatic heterocycles. The molecule has 0 amide bonds. The van der Waals surface area contributed by atoms with Crippen molar-refractivity contribution in [2.75, 3.05) is 5.73 Å². The van der Waals surface area contributed by atoms with E-state index in [0.29, 0.717) is 17.0 Å². The monoisotopic (exact) mass is 309 g/mol. The molecule has 0 aliphatic rings. The molecule has 0 heterocycles. The van der Waals surface area contributed by atoms with E-state index in [2.05, 4.69) is 15.9 Å². The summed E-state index contributed by atoms with van der Waals surface area (Å²) in [5.74, 6) is 0.397. The van der Waals surface area contributed by atoms with Crippen LogP contribution in [0, 0.1) is 12.7 Å². The van der Waals surface area contributed by atoms with Gasteiger partial charge in [0, 0.05) is 21.3 Å². The molecule has 0 fully saturated rings. The van der Waals surface area contributed by atoms with E-state index in [1.54, 1.807) is 12.1 Å². The molecular formula is C14H13BrFNO. The smallest absolute Gasteiger partial charge is 0.129 e. The Kier molecular flexibility index (Phi) is 3.87. The molecule has 2 rings (SSSR count). The van der Waals surface area contributed by atoms with Crippen molar-refractivity contribution in [2.24, 2.45) is 0 Å². The van der Waals surface area contributed by atoms with E-state index >= 15 is 0 Å². The van der Waals surface area contributed by atoms with Crippen LogP contribution in [0.3, 0.4) is 0 Å². The van der Waals surface area contributed by atoms with Gasteiger partial charge in [-0.15, -0.1) is 0 Å². The normalized spacial score (nSPS) is 10.4. The third-order valence-corrected chi connectivity index (χ3v) is 3.21. The van der Waals surface area contributed by atoms with Crippen LogP contribution in [-0.2, 0) is 6.61 Å². The maximum atomic E-state index is 13.5. The lowest BCUT2D eigenvalue weighted by atomic mass is 10.2. The van der Waals surface area contributed by atoms with E-state index in [9.17, 15) is 4.39 Å². The number of ether oxygens (including phenoxy) is 1. The van der Waals surface area contributed by atoms with Gasteiger partial charge in [-0.2, -0.15) is 0 Å². The molecule has 0 aromatic heterocycles. The summed E-state index contributed by atoms with van der Waals surface area (Å²) in [7, 11) is 0. The van der Waals surface area contributed by atoms with Crippen molar-refractivity contribution in [2.45, 2.75) is 13.5 Å². The molecule has 4 heteroatoms. The molecule has 0 saturated heterocycles. The van der Waals surface area contributed by atoms with Crippen LogP contribution in [0.2, 0.25) is 0 Å². The number of halogens is 2. The van der Waals surface area contributed by atoms with Crippen molar-refractivity contribution >= 4 is 21.6 Å². The molecule has 0 radical (unpaired) electrons. The third-order valence-electron chi connectivity index (χ3n) is 2.72. The molecule has 2 nitrogen and oxygen atoms in total. The number of hydrogen-bond acceptors (Lipinski definition) is 2. The fourth-order valence-electron chi connectivity index (χ4n) is 1.60. The Morgan fingerprint density at radius 1 is 1.28 bits per heavy atom. The van der Waals surface area contributed by atoms with Gasteiger partial charge in [0.25, 0.3) is 0 Å². The number of nitrogen functional groups attached to an aromatic ring is 1. The first-order valence-electron chi connectivity index (χ1n) is 5.50. The van der Waals surface area contributed by atoms with Crippen molar-refractivity contribution in [1.82, 2.24) is 0 Å². The molecule has 2 aromatic carbocycles. The number of anilines is 1. The van der Waals surface area contributed by atoms with E-state index in [1.165, 1.54) is 6.07 Å². The van der Waals surface area contributed by atoms with Crippen LogP contribution in [0.25, 0.3) is 0 Å². The van der Waals surface area contributed by atoms with Gasteiger partial charge in [0.05, 0.1) is 0 Å². The fraction of sp³-hybridized carbons (Fsp3) is 0.143. The van der Waals surface area contributed by atoms with Gasteiger partial charge in [0.1, 0.15) is 18.2 Å². The van der Waals surface area contributed by atoms with Gasteiger partial charge in [-0.1, -0.05) is 22.0 Å². The van der Waals surface area contributed by atoms with E-state index in [0.717, 1.165) is 10.0 Å². The molecule has 0 atom stereocenters. The highest BCUT2D eigenvalue weighted by atomic mass is 79.9. The van der Waals surface area contributed by atoms with Gasteiger partial charge in [0.2, 0.25) is 0 Å². The average molecular weight is 310 g/mol. The van der Waals surface area contributed by atoms with Crippen LogP contribution in [0.1, 0.15) is 11.1 Å². The zero-order valence-corrected chi connectivity index (χ0v) is 11.5. The Hall–Kier alpha value is -1.55. The number of nitrogens with two attached hydrogens (primary N) is 1. The molecule has 2 aromatic rings. The maximum Gasteiger partial charge on any atom is 0.129 e. The highest BCUT2D eigenvalue weighted by molar-refractivity contribution is 9.10. The number of hydrogen-bond donors (Lipinski definition) is 1. The largest absolute Gasteiger partial charge is 0.488 e. The fourth-order valence-corrected chi connectivity index (χ4v) is 2.01. The van der Waals surface area contributed by atoms with Crippen molar-refractivity contribution in [1.29, 1.82) is 0 Å². The van der Waals surface area contributed by atoms with Crippen LogP contribution in [-0.4, -0.2) is 0 Å². The van der Waals surface area contributed by atoms with Gasteiger partial charge in [-0.3, -0.25) is 0 Å². The van der Waals surface area contributed by atoms with Gasteiger partial charge < -0.3 is 10.5 Å². The zero-order chi connectivity index (χ0) is 13.1. The minimum Gasteiger partial charge on any atom is -0.488 e. The highest BCUT2D eigenvalue weighted by Crippen LogP contribution is 2.24. The SMILES string of the molecule is Cc1c(N)cccc1OCc1cc(Br)ccc1F. The predicted molar refractivity (Wildman–Crippen MR) is 74.0 cm³/mol. The maximum absolute atomic E-state index is 13.5. The van der Waals surface area contributed by atoms with Gasteiger partial charge >= 0.3 is 0 Å². The van der Waals surface area contributed by atoms with Crippen molar-refractivity contribution in [3.05, 3.63) is 57.8 Å². The summed E-state index contributed by atoms with van der Waals surface area (Å²) in [6.07, 6.45) is 0. The molecule has 0 unspecified atom stereocenters. The van der Waals surface area contributed by atoms with Crippen LogP contribution in [0.15, 0.2) is 40.9 Å². The van der Waals surface area contributed by atoms with Crippen molar-refractivity contribution < 1.29 is 9.13 Å². The Bertz CT molecular complexity index is 570. The second kappa shape index (κ2) is 5.40. The molecule has 94 valence electrons. The van der Waals surface area contributed by atoms with Crippen LogP contribution in [0.5, 0.6) is 5.75 Å². The molecule has 18 heavy (non-hydrogen) atoms.